The summed E-state index contributed by atoms with van der Waals surface area (Å²) in [6.45, 7) is 3.13. The molecule has 0 aliphatic carbocycles. The van der Waals surface area contributed by atoms with Gasteiger partial charge in [0.2, 0.25) is 0 Å². The summed E-state index contributed by atoms with van der Waals surface area (Å²) in [5.74, 6) is 0. The minimum atomic E-state index is 0.0973. The molecule has 6 heteroatoms. The van der Waals surface area contributed by atoms with Gasteiger partial charge in [-0.1, -0.05) is 0 Å². The van der Waals surface area contributed by atoms with Gasteiger partial charge in [-0.15, -0.1) is 11.3 Å². The minimum Gasteiger partial charge on any atom is -0.395 e. The molecule has 0 spiro atoms. The van der Waals surface area contributed by atoms with Crippen LogP contribution in [0.5, 0.6) is 0 Å². The molecule has 4 nitrogen and oxygen atoms in total. The number of rotatable bonds is 4. The lowest BCUT2D eigenvalue weighted by molar-refractivity contribution is -0.0316. The van der Waals surface area contributed by atoms with Gasteiger partial charge in [0, 0.05) is 29.4 Å². The van der Waals surface area contributed by atoms with E-state index in [0.717, 1.165) is 30.4 Å². The Balaban J connectivity index is 1.69. The summed E-state index contributed by atoms with van der Waals surface area (Å²) in [4.78, 5) is 6.92. The molecule has 1 aliphatic heterocycles. The molecule has 3 heterocycles. The van der Waals surface area contributed by atoms with E-state index < -0.39 is 0 Å². The van der Waals surface area contributed by atoms with E-state index in [1.54, 1.807) is 22.7 Å². The second-order valence-corrected chi connectivity index (χ2v) is 6.18. The van der Waals surface area contributed by atoms with Crippen LogP contribution in [0, 0.1) is 0 Å². The number of thiophene rings is 1. The predicted molar refractivity (Wildman–Crippen MR) is 77.5 cm³/mol. The second kappa shape index (κ2) is 6.11. The van der Waals surface area contributed by atoms with Crippen molar-refractivity contribution in [2.24, 2.45) is 0 Å². The Labute approximate surface area is 120 Å². The lowest BCUT2D eigenvalue weighted by Crippen LogP contribution is -2.46. The fourth-order valence-corrected chi connectivity index (χ4v) is 3.69. The molecular formula is C13H16N2O2S2. The summed E-state index contributed by atoms with van der Waals surface area (Å²) in [7, 11) is 0. The molecule has 2 aromatic heterocycles. The average molecular weight is 296 g/mol. The zero-order valence-electron chi connectivity index (χ0n) is 10.5. The van der Waals surface area contributed by atoms with Gasteiger partial charge in [-0.25, -0.2) is 4.98 Å². The third kappa shape index (κ3) is 3.04. The van der Waals surface area contributed by atoms with Gasteiger partial charge in [-0.3, -0.25) is 4.90 Å². The molecule has 3 rings (SSSR count). The number of ether oxygens (including phenoxy) is 1. The first-order valence-corrected chi connectivity index (χ1v) is 8.08. The van der Waals surface area contributed by atoms with E-state index in [4.69, 9.17) is 4.74 Å². The number of thiazole rings is 1. The van der Waals surface area contributed by atoms with Crippen LogP contribution in [-0.4, -0.2) is 47.4 Å². The Kier molecular flexibility index (Phi) is 4.24. The number of aliphatic hydroxyl groups excluding tert-OH is 1. The summed E-state index contributed by atoms with van der Waals surface area (Å²) in [6, 6.07) is 2.19. The average Bonchev–Trinajstić information content (AvgIpc) is 3.09. The summed E-state index contributed by atoms with van der Waals surface area (Å²) in [6.07, 6.45) is 0. The molecule has 0 radical (unpaired) electrons. The molecular weight excluding hydrogens is 280 g/mol. The summed E-state index contributed by atoms with van der Waals surface area (Å²) < 4.78 is 5.39. The summed E-state index contributed by atoms with van der Waals surface area (Å²) >= 11 is 3.37. The highest BCUT2D eigenvalue weighted by Gasteiger charge is 2.23. The van der Waals surface area contributed by atoms with Crippen LogP contribution < -0.4 is 0 Å². The van der Waals surface area contributed by atoms with Crippen molar-refractivity contribution in [1.82, 2.24) is 9.88 Å². The molecule has 2 aromatic rings. The quantitative estimate of drug-likeness (QED) is 0.938. The highest BCUT2D eigenvalue weighted by atomic mass is 32.1. The van der Waals surface area contributed by atoms with Crippen molar-refractivity contribution < 1.29 is 9.84 Å². The fourth-order valence-electron chi connectivity index (χ4n) is 2.17. The molecule has 1 unspecified atom stereocenters. The van der Waals surface area contributed by atoms with Crippen molar-refractivity contribution in [3.8, 4) is 10.6 Å². The third-order valence-corrected chi connectivity index (χ3v) is 4.87. The largest absolute Gasteiger partial charge is 0.395 e. The van der Waals surface area contributed by atoms with E-state index in [0.29, 0.717) is 6.61 Å². The van der Waals surface area contributed by atoms with Crippen LogP contribution in [0.25, 0.3) is 10.6 Å². The Morgan fingerprint density at radius 3 is 3.21 bits per heavy atom. The minimum absolute atomic E-state index is 0.0973. The number of hydrogen-bond acceptors (Lipinski definition) is 6. The monoisotopic (exact) mass is 296 g/mol. The van der Waals surface area contributed by atoms with Crippen molar-refractivity contribution in [2.45, 2.75) is 12.6 Å². The topological polar surface area (TPSA) is 45.6 Å². The Morgan fingerprint density at radius 1 is 1.47 bits per heavy atom. The number of hydrogen-bond donors (Lipinski definition) is 1. The van der Waals surface area contributed by atoms with Gasteiger partial charge in [-0.2, -0.15) is 11.3 Å². The standard InChI is InChI=1S/C13H16N2O2S2/c16-6-12-7-17-3-2-15(12)5-11-9-19-13(14-11)10-1-4-18-8-10/h1,4,8-9,12,16H,2-3,5-7H2. The molecule has 1 aliphatic rings. The van der Waals surface area contributed by atoms with Gasteiger partial charge in [0.15, 0.2) is 0 Å². The number of morpholine rings is 1. The highest BCUT2D eigenvalue weighted by Crippen LogP contribution is 2.26. The first kappa shape index (κ1) is 13.2. The number of aromatic nitrogens is 1. The van der Waals surface area contributed by atoms with Gasteiger partial charge >= 0.3 is 0 Å². The van der Waals surface area contributed by atoms with Gasteiger partial charge in [0.1, 0.15) is 5.01 Å². The molecule has 1 atom stereocenters. The van der Waals surface area contributed by atoms with E-state index in [-0.39, 0.29) is 12.6 Å². The Morgan fingerprint density at radius 2 is 2.42 bits per heavy atom. The molecule has 1 N–H and O–H groups in total. The van der Waals surface area contributed by atoms with E-state index in [2.05, 4.69) is 32.1 Å². The zero-order chi connectivity index (χ0) is 13.1. The molecule has 1 fully saturated rings. The Bertz CT molecular complexity index is 512. The van der Waals surface area contributed by atoms with E-state index in [1.165, 1.54) is 5.56 Å². The molecule has 0 amide bonds. The number of aliphatic hydroxyl groups is 1. The summed E-state index contributed by atoms with van der Waals surface area (Å²) in [5, 5.41) is 16.7. The SMILES string of the molecule is OCC1COCCN1Cc1csc(-c2ccsc2)n1. The maximum atomic E-state index is 9.36. The number of nitrogens with zero attached hydrogens (tertiary/aromatic N) is 2. The molecule has 0 aromatic carbocycles. The van der Waals surface area contributed by atoms with Crippen molar-refractivity contribution in [3.05, 3.63) is 27.9 Å². The summed E-state index contributed by atoms with van der Waals surface area (Å²) in [5.41, 5.74) is 2.27. The molecule has 0 bridgehead atoms. The lowest BCUT2D eigenvalue weighted by atomic mass is 10.2. The third-order valence-electron chi connectivity index (χ3n) is 3.25. The normalized spacial score (nSPS) is 20.8. The van der Waals surface area contributed by atoms with Crippen LogP contribution in [0.3, 0.4) is 0 Å². The Hall–Kier alpha value is -0.790. The van der Waals surface area contributed by atoms with E-state index in [9.17, 15) is 5.11 Å². The maximum absolute atomic E-state index is 9.36. The second-order valence-electron chi connectivity index (χ2n) is 4.54. The molecule has 102 valence electrons. The smallest absolute Gasteiger partial charge is 0.124 e. The van der Waals surface area contributed by atoms with Crippen LogP contribution in [-0.2, 0) is 11.3 Å². The lowest BCUT2D eigenvalue weighted by Gasteiger charge is -2.33. The van der Waals surface area contributed by atoms with Crippen LogP contribution in [0.4, 0.5) is 0 Å². The molecule has 0 saturated carbocycles. The van der Waals surface area contributed by atoms with Crippen molar-refractivity contribution in [1.29, 1.82) is 0 Å². The van der Waals surface area contributed by atoms with Crippen molar-refractivity contribution >= 4 is 22.7 Å². The highest BCUT2D eigenvalue weighted by molar-refractivity contribution is 7.14. The van der Waals surface area contributed by atoms with E-state index in [1.807, 2.05) is 0 Å². The van der Waals surface area contributed by atoms with Gasteiger partial charge in [0.05, 0.1) is 31.6 Å². The fraction of sp³-hybridized carbons (Fsp3) is 0.462. The van der Waals surface area contributed by atoms with E-state index >= 15 is 0 Å². The first-order chi connectivity index (χ1) is 9.36. The molecule has 19 heavy (non-hydrogen) atoms. The first-order valence-electron chi connectivity index (χ1n) is 6.26. The van der Waals surface area contributed by atoms with Gasteiger partial charge in [-0.05, 0) is 11.4 Å². The van der Waals surface area contributed by atoms with Crippen LogP contribution in [0.2, 0.25) is 0 Å². The van der Waals surface area contributed by atoms with Gasteiger partial charge in [0.25, 0.3) is 0 Å². The maximum Gasteiger partial charge on any atom is 0.124 e. The van der Waals surface area contributed by atoms with Crippen molar-refractivity contribution in [3.63, 3.8) is 0 Å². The van der Waals surface area contributed by atoms with Crippen LogP contribution in [0.1, 0.15) is 5.69 Å². The molecule has 1 saturated heterocycles. The van der Waals surface area contributed by atoms with Crippen LogP contribution >= 0.6 is 22.7 Å². The zero-order valence-corrected chi connectivity index (χ0v) is 12.1. The van der Waals surface area contributed by atoms with Gasteiger partial charge < -0.3 is 9.84 Å². The predicted octanol–water partition coefficient (Wildman–Crippen LogP) is 2.06. The van der Waals surface area contributed by atoms with Crippen molar-refractivity contribution in [2.75, 3.05) is 26.4 Å². The van der Waals surface area contributed by atoms with Crippen LogP contribution in [0.15, 0.2) is 22.2 Å².